The van der Waals surface area contributed by atoms with Crippen molar-refractivity contribution in [3.63, 3.8) is 0 Å². The summed E-state index contributed by atoms with van der Waals surface area (Å²) in [5.41, 5.74) is 1.11. The highest BCUT2D eigenvalue weighted by Crippen LogP contribution is 2.29. The van der Waals surface area contributed by atoms with Crippen LogP contribution < -0.4 is 14.8 Å². The lowest BCUT2D eigenvalue weighted by Crippen LogP contribution is -2.12. The highest BCUT2D eigenvalue weighted by atomic mass is 16.5. The van der Waals surface area contributed by atoms with Crippen LogP contribution in [-0.2, 0) is 0 Å². The van der Waals surface area contributed by atoms with E-state index < -0.39 is 0 Å². The van der Waals surface area contributed by atoms with E-state index in [0.717, 1.165) is 0 Å². The molecule has 26 heavy (non-hydrogen) atoms. The molecule has 7 heteroatoms. The van der Waals surface area contributed by atoms with Gasteiger partial charge in [-0.1, -0.05) is 17.2 Å². The molecule has 0 radical (unpaired) electrons. The molecule has 1 N–H and O–H groups in total. The second-order valence-electron chi connectivity index (χ2n) is 5.76. The van der Waals surface area contributed by atoms with Gasteiger partial charge in [-0.2, -0.15) is 0 Å². The van der Waals surface area contributed by atoms with Crippen LogP contribution in [0.25, 0.3) is 11.5 Å². The Bertz CT molecular complexity index is 888. The van der Waals surface area contributed by atoms with Gasteiger partial charge in [-0.05, 0) is 50.2 Å². The third kappa shape index (κ3) is 4.00. The predicted octanol–water partition coefficient (Wildman–Crippen LogP) is 3.78. The Morgan fingerprint density at radius 3 is 2.50 bits per heavy atom. The number of nitrogens with one attached hydrogen (secondary N) is 1. The molecule has 0 fully saturated rings. The number of anilines is 1. The SMILES string of the molecule is COc1ccccc1-c1nnc(NC(=O)c2ccc(OC(C)C)cc2)o1. The number of rotatable bonds is 6. The number of hydrogen-bond donors (Lipinski definition) is 1. The normalized spacial score (nSPS) is 10.6. The monoisotopic (exact) mass is 353 g/mol. The molecule has 0 saturated heterocycles. The summed E-state index contributed by atoms with van der Waals surface area (Å²) < 4.78 is 16.3. The highest BCUT2D eigenvalue weighted by Gasteiger charge is 2.15. The van der Waals surface area contributed by atoms with Crippen LogP contribution in [0.4, 0.5) is 6.01 Å². The first-order valence-electron chi connectivity index (χ1n) is 8.12. The molecule has 0 bridgehead atoms. The van der Waals surface area contributed by atoms with E-state index in [4.69, 9.17) is 13.9 Å². The Kier molecular flexibility index (Phi) is 5.17. The summed E-state index contributed by atoms with van der Waals surface area (Å²) in [5.74, 6) is 1.22. The van der Waals surface area contributed by atoms with E-state index in [1.54, 1.807) is 43.5 Å². The number of benzene rings is 2. The summed E-state index contributed by atoms with van der Waals surface area (Å²) in [4.78, 5) is 12.3. The Balaban J connectivity index is 1.71. The zero-order chi connectivity index (χ0) is 18.5. The molecule has 0 spiro atoms. The molecule has 3 rings (SSSR count). The molecular weight excluding hydrogens is 334 g/mol. The molecule has 0 atom stereocenters. The zero-order valence-electron chi connectivity index (χ0n) is 14.7. The maximum Gasteiger partial charge on any atom is 0.322 e. The van der Waals surface area contributed by atoms with Crippen LogP contribution in [0.15, 0.2) is 52.9 Å². The van der Waals surface area contributed by atoms with E-state index in [-0.39, 0.29) is 23.9 Å². The standard InChI is InChI=1S/C19H19N3O4/c1-12(2)25-14-10-8-13(9-11-14)17(23)20-19-22-21-18(26-19)15-6-4-5-7-16(15)24-3/h4-12H,1-3H3,(H,20,22,23). The van der Waals surface area contributed by atoms with Crippen LogP contribution in [0.5, 0.6) is 11.5 Å². The molecular formula is C19H19N3O4. The maximum atomic E-state index is 12.3. The molecule has 0 unspecified atom stereocenters. The molecule has 0 aliphatic rings. The average molecular weight is 353 g/mol. The van der Waals surface area contributed by atoms with Crippen molar-refractivity contribution >= 4 is 11.9 Å². The summed E-state index contributed by atoms with van der Waals surface area (Å²) >= 11 is 0. The Morgan fingerprint density at radius 2 is 1.81 bits per heavy atom. The second-order valence-corrected chi connectivity index (χ2v) is 5.76. The minimum atomic E-state index is -0.351. The molecule has 1 aromatic heterocycles. The first-order valence-corrected chi connectivity index (χ1v) is 8.12. The van der Waals surface area contributed by atoms with Gasteiger partial charge >= 0.3 is 6.01 Å². The second kappa shape index (κ2) is 7.69. The predicted molar refractivity (Wildman–Crippen MR) is 96.4 cm³/mol. The molecule has 7 nitrogen and oxygen atoms in total. The van der Waals surface area contributed by atoms with Crippen molar-refractivity contribution in [2.24, 2.45) is 0 Å². The molecule has 0 aliphatic carbocycles. The summed E-state index contributed by atoms with van der Waals surface area (Å²) in [7, 11) is 1.56. The number of nitrogens with zero attached hydrogens (tertiary/aromatic N) is 2. The van der Waals surface area contributed by atoms with E-state index in [9.17, 15) is 4.79 Å². The van der Waals surface area contributed by atoms with E-state index >= 15 is 0 Å². The molecule has 0 saturated carbocycles. The van der Waals surface area contributed by atoms with Gasteiger partial charge in [0.2, 0.25) is 0 Å². The van der Waals surface area contributed by atoms with Crippen molar-refractivity contribution in [2.45, 2.75) is 20.0 Å². The number of para-hydroxylation sites is 1. The fourth-order valence-corrected chi connectivity index (χ4v) is 2.33. The molecule has 1 amide bonds. The summed E-state index contributed by atoms with van der Waals surface area (Å²) in [6.07, 6.45) is 0.0708. The maximum absolute atomic E-state index is 12.3. The topological polar surface area (TPSA) is 86.5 Å². The van der Waals surface area contributed by atoms with Gasteiger partial charge in [0.15, 0.2) is 0 Å². The van der Waals surface area contributed by atoms with E-state index in [0.29, 0.717) is 22.6 Å². The van der Waals surface area contributed by atoms with E-state index in [1.165, 1.54) is 0 Å². The lowest BCUT2D eigenvalue weighted by atomic mass is 10.2. The smallest absolute Gasteiger partial charge is 0.322 e. The third-order valence-corrected chi connectivity index (χ3v) is 3.47. The third-order valence-electron chi connectivity index (χ3n) is 3.47. The molecule has 3 aromatic rings. The number of ether oxygens (including phenoxy) is 2. The summed E-state index contributed by atoms with van der Waals surface area (Å²) in [6, 6.07) is 14.1. The van der Waals surface area contributed by atoms with Crippen molar-refractivity contribution in [3.8, 4) is 23.0 Å². The van der Waals surface area contributed by atoms with Crippen LogP contribution in [-0.4, -0.2) is 29.3 Å². The van der Waals surface area contributed by atoms with Crippen LogP contribution in [0, 0.1) is 0 Å². The van der Waals surface area contributed by atoms with Gasteiger partial charge in [0, 0.05) is 5.56 Å². The number of carbonyl (C=O) groups is 1. The Hall–Kier alpha value is -3.35. The lowest BCUT2D eigenvalue weighted by molar-refractivity contribution is 0.102. The van der Waals surface area contributed by atoms with Crippen molar-refractivity contribution in [3.05, 3.63) is 54.1 Å². The molecule has 1 heterocycles. The number of hydrogen-bond acceptors (Lipinski definition) is 6. The highest BCUT2D eigenvalue weighted by molar-refractivity contribution is 6.03. The van der Waals surface area contributed by atoms with Gasteiger partial charge in [0.05, 0.1) is 18.8 Å². The van der Waals surface area contributed by atoms with E-state index in [2.05, 4.69) is 15.5 Å². The van der Waals surface area contributed by atoms with Crippen molar-refractivity contribution < 1.29 is 18.7 Å². The van der Waals surface area contributed by atoms with Crippen LogP contribution >= 0.6 is 0 Å². The minimum Gasteiger partial charge on any atom is -0.496 e. The van der Waals surface area contributed by atoms with Gasteiger partial charge < -0.3 is 13.9 Å². The largest absolute Gasteiger partial charge is 0.496 e. The first-order chi connectivity index (χ1) is 12.6. The summed E-state index contributed by atoms with van der Waals surface area (Å²) in [5, 5.41) is 10.4. The lowest BCUT2D eigenvalue weighted by Gasteiger charge is -2.09. The van der Waals surface area contributed by atoms with Gasteiger partial charge in [0.1, 0.15) is 11.5 Å². The quantitative estimate of drug-likeness (QED) is 0.726. The molecule has 134 valence electrons. The Labute approximate surface area is 151 Å². The van der Waals surface area contributed by atoms with Gasteiger partial charge in [-0.3, -0.25) is 10.1 Å². The van der Waals surface area contributed by atoms with Crippen LogP contribution in [0.2, 0.25) is 0 Å². The van der Waals surface area contributed by atoms with E-state index in [1.807, 2.05) is 26.0 Å². The number of aromatic nitrogens is 2. The van der Waals surface area contributed by atoms with Crippen molar-refractivity contribution in [1.82, 2.24) is 10.2 Å². The number of methoxy groups -OCH3 is 1. The van der Waals surface area contributed by atoms with Crippen molar-refractivity contribution in [1.29, 1.82) is 0 Å². The zero-order valence-corrected chi connectivity index (χ0v) is 14.7. The first kappa shape index (κ1) is 17.5. The fraction of sp³-hybridized carbons (Fsp3) is 0.211. The number of carbonyl (C=O) groups excluding carboxylic acids is 1. The van der Waals surface area contributed by atoms with Gasteiger partial charge in [0.25, 0.3) is 11.8 Å². The molecule has 0 aliphatic heterocycles. The van der Waals surface area contributed by atoms with Gasteiger partial charge in [-0.25, -0.2) is 0 Å². The van der Waals surface area contributed by atoms with Crippen LogP contribution in [0.1, 0.15) is 24.2 Å². The summed E-state index contributed by atoms with van der Waals surface area (Å²) in [6.45, 7) is 3.88. The number of amides is 1. The minimum absolute atomic E-state index is 0.0124. The van der Waals surface area contributed by atoms with Crippen LogP contribution in [0.3, 0.4) is 0 Å². The van der Waals surface area contributed by atoms with Crippen molar-refractivity contribution in [2.75, 3.05) is 12.4 Å². The van der Waals surface area contributed by atoms with Gasteiger partial charge in [-0.15, -0.1) is 5.10 Å². The Morgan fingerprint density at radius 1 is 1.08 bits per heavy atom. The average Bonchev–Trinajstić information content (AvgIpc) is 3.10. The fourth-order valence-electron chi connectivity index (χ4n) is 2.33. The molecule has 2 aromatic carbocycles.